The molecule has 5 heteroatoms. The molecule has 0 saturated carbocycles. The highest BCUT2D eigenvalue weighted by molar-refractivity contribution is 5.41. The molecule has 1 N–H and O–H groups in total. The van der Waals surface area contributed by atoms with Gasteiger partial charge in [-0.05, 0) is 42.7 Å². The van der Waals surface area contributed by atoms with Crippen molar-refractivity contribution in [1.82, 2.24) is 9.97 Å². The Morgan fingerprint density at radius 3 is 2.33 bits per heavy atom. The number of rotatable bonds is 6. The molecule has 1 fully saturated rings. The van der Waals surface area contributed by atoms with Crippen molar-refractivity contribution < 1.29 is 9.84 Å². The SMILES string of the molecule is Cc1ccc(C(C)(C)c2ccc(OCc3ccnc(N4CC[C@H](O)C4)n3)cc2)cc1. The molecule has 2 heterocycles. The van der Waals surface area contributed by atoms with Crippen molar-refractivity contribution in [2.24, 2.45) is 0 Å². The van der Waals surface area contributed by atoms with Crippen LogP contribution in [-0.2, 0) is 12.0 Å². The first-order chi connectivity index (χ1) is 14.4. The van der Waals surface area contributed by atoms with Gasteiger partial charge in [-0.25, -0.2) is 9.97 Å². The molecule has 1 atom stereocenters. The van der Waals surface area contributed by atoms with Crippen molar-refractivity contribution in [2.45, 2.75) is 45.3 Å². The molecule has 2 aromatic carbocycles. The molecule has 0 amide bonds. The number of nitrogens with zero attached hydrogens (tertiary/aromatic N) is 3. The Hall–Kier alpha value is -2.92. The van der Waals surface area contributed by atoms with Crippen molar-refractivity contribution in [3.05, 3.63) is 83.2 Å². The maximum Gasteiger partial charge on any atom is 0.225 e. The summed E-state index contributed by atoms with van der Waals surface area (Å²) in [6.45, 7) is 8.34. The van der Waals surface area contributed by atoms with Crippen LogP contribution in [0.15, 0.2) is 60.8 Å². The lowest BCUT2D eigenvalue weighted by Gasteiger charge is -2.26. The van der Waals surface area contributed by atoms with Gasteiger partial charge in [0.25, 0.3) is 0 Å². The molecule has 0 bridgehead atoms. The third kappa shape index (κ3) is 4.46. The maximum atomic E-state index is 9.72. The van der Waals surface area contributed by atoms with Gasteiger partial charge in [0, 0.05) is 24.7 Å². The zero-order chi connectivity index (χ0) is 21.1. The second kappa shape index (κ2) is 8.44. The van der Waals surface area contributed by atoms with Gasteiger partial charge in [0.2, 0.25) is 5.95 Å². The molecule has 1 aliphatic rings. The van der Waals surface area contributed by atoms with E-state index >= 15 is 0 Å². The van der Waals surface area contributed by atoms with Gasteiger partial charge in [-0.2, -0.15) is 0 Å². The third-order valence-corrected chi connectivity index (χ3v) is 5.88. The van der Waals surface area contributed by atoms with E-state index in [1.54, 1.807) is 6.20 Å². The molecule has 0 radical (unpaired) electrons. The quantitative estimate of drug-likeness (QED) is 0.666. The molecule has 0 aliphatic carbocycles. The number of aromatic nitrogens is 2. The lowest BCUT2D eigenvalue weighted by atomic mass is 9.78. The molecule has 156 valence electrons. The number of ether oxygens (including phenoxy) is 1. The normalized spacial score (nSPS) is 16.7. The Balaban J connectivity index is 1.41. The number of aliphatic hydroxyl groups excluding tert-OH is 1. The van der Waals surface area contributed by atoms with E-state index in [9.17, 15) is 5.11 Å². The Kier molecular flexibility index (Phi) is 5.73. The van der Waals surface area contributed by atoms with Gasteiger partial charge >= 0.3 is 0 Å². The fraction of sp³-hybridized carbons (Fsp3) is 0.360. The molecule has 3 aromatic rings. The van der Waals surface area contributed by atoms with Crippen LogP contribution in [0.25, 0.3) is 0 Å². The summed E-state index contributed by atoms with van der Waals surface area (Å²) in [5.41, 5.74) is 4.56. The van der Waals surface area contributed by atoms with E-state index in [4.69, 9.17) is 4.74 Å². The van der Waals surface area contributed by atoms with Crippen molar-refractivity contribution in [1.29, 1.82) is 0 Å². The number of aryl methyl sites for hydroxylation is 1. The summed E-state index contributed by atoms with van der Waals surface area (Å²) in [6, 6.07) is 18.9. The summed E-state index contributed by atoms with van der Waals surface area (Å²) < 4.78 is 5.96. The summed E-state index contributed by atoms with van der Waals surface area (Å²) in [5, 5.41) is 9.72. The predicted molar refractivity (Wildman–Crippen MR) is 119 cm³/mol. The smallest absolute Gasteiger partial charge is 0.225 e. The minimum Gasteiger partial charge on any atom is -0.487 e. The van der Waals surface area contributed by atoms with Gasteiger partial charge in [-0.3, -0.25) is 0 Å². The molecule has 1 saturated heterocycles. The molecular weight excluding hydrogens is 374 g/mol. The van der Waals surface area contributed by atoms with Gasteiger partial charge in [-0.1, -0.05) is 55.8 Å². The van der Waals surface area contributed by atoms with E-state index in [0.717, 1.165) is 24.4 Å². The number of aliphatic hydroxyl groups is 1. The molecule has 1 aliphatic heterocycles. The van der Waals surface area contributed by atoms with Crippen molar-refractivity contribution >= 4 is 5.95 Å². The van der Waals surface area contributed by atoms with Gasteiger partial charge in [-0.15, -0.1) is 0 Å². The Morgan fingerprint density at radius 1 is 1.03 bits per heavy atom. The van der Waals surface area contributed by atoms with Crippen LogP contribution in [0.3, 0.4) is 0 Å². The van der Waals surface area contributed by atoms with E-state index < -0.39 is 0 Å². The van der Waals surface area contributed by atoms with Crippen LogP contribution in [0, 0.1) is 6.92 Å². The molecule has 30 heavy (non-hydrogen) atoms. The zero-order valence-corrected chi connectivity index (χ0v) is 17.9. The zero-order valence-electron chi connectivity index (χ0n) is 17.9. The number of benzene rings is 2. The summed E-state index contributed by atoms with van der Waals surface area (Å²) in [7, 11) is 0. The van der Waals surface area contributed by atoms with Crippen LogP contribution < -0.4 is 9.64 Å². The topological polar surface area (TPSA) is 58.5 Å². The summed E-state index contributed by atoms with van der Waals surface area (Å²) in [5.74, 6) is 1.47. The number of hydrogen-bond donors (Lipinski definition) is 1. The largest absolute Gasteiger partial charge is 0.487 e. The third-order valence-electron chi connectivity index (χ3n) is 5.88. The first-order valence-electron chi connectivity index (χ1n) is 10.5. The number of β-amino-alcohol motifs (C(OH)–C–C–N with tert-alkyl or cyclic N) is 1. The average Bonchev–Trinajstić information content (AvgIpc) is 3.19. The van der Waals surface area contributed by atoms with Gasteiger partial charge in [0.05, 0.1) is 11.8 Å². The second-order valence-electron chi connectivity index (χ2n) is 8.54. The van der Waals surface area contributed by atoms with E-state index in [-0.39, 0.29) is 11.5 Å². The van der Waals surface area contributed by atoms with E-state index in [1.165, 1.54) is 16.7 Å². The van der Waals surface area contributed by atoms with Gasteiger partial charge < -0.3 is 14.7 Å². The minimum atomic E-state index is -0.295. The standard InChI is InChI=1S/C25H29N3O2/c1-18-4-6-19(7-5-18)25(2,3)20-8-10-23(11-9-20)30-17-21-12-14-26-24(27-21)28-15-13-22(29)16-28/h4-12,14,22,29H,13,15-17H2,1-3H3/t22-/m0/s1. The van der Waals surface area contributed by atoms with E-state index in [1.807, 2.05) is 23.1 Å². The van der Waals surface area contributed by atoms with E-state index in [2.05, 4.69) is 67.1 Å². The molecular formula is C25H29N3O2. The van der Waals surface area contributed by atoms with E-state index in [0.29, 0.717) is 19.1 Å². The lowest BCUT2D eigenvalue weighted by Crippen LogP contribution is -2.23. The van der Waals surface area contributed by atoms with Crippen molar-refractivity contribution in [2.75, 3.05) is 18.0 Å². The molecule has 1 aromatic heterocycles. The Morgan fingerprint density at radius 2 is 1.70 bits per heavy atom. The van der Waals surface area contributed by atoms with Gasteiger partial charge in [0.1, 0.15) is 12.4 Å². The van der Waals surface area contributed by atoms with Gasteiger partial charge in [0.15, 0.2) is 0 Å². The first-order valence-corrected chi connectivity index (χ1v) is 10.5. The molecule has 0 unspecified atom stereocenters. The first kappa shape index (κ1) is 20.4. The average molecular weight is 404 g/mol. The maximum absolute atomic E-state index is 9.72. The number of hydrogen-bond acceptors (Lipinski definition) is 5. The van der Waals surface area contributed by atoms with Crippen molar-refractivity contribution in [3.63, 3.8) is 0 Å². The van der Waals surface area contributed by atoms with Crippen LogP contribution in [0.1, 0.15) is 42.7 Å². The second-order valence-corrected chi connectivity index (χ2v) is 8.54. The molecule has 5 nitrogen and oxygen atoms in total. The fourth-order valence-corrected chi connectivity index (χ4v) is 3.80. The molecule has 0 spiro atoms. The monoisotopic (exact) mass is 403 g/mol. The fourth-order valence-electron chi connectivity index (χ4n) is 3.80. The lowest BCUT2D eigenvalue weighted by molar-refractivity contribution is 0.198. The Labute approximate surface area is 178 Å². The van der Waals surface area contributed by atoms with Crippen LogP contribution in [0.4, 0.5) is 5.95 Å². The van der Waals surface area contributed by atoms with Crippen LogP contribution >= 0.6 is 0 Å². The summed E-state index contributed by atoms with van der Waals surface area (Å²) >= 11 is 0. The predicted octanol–water partition coefficient (Wildman–Crippen LogP) is 4.26. The highest BCUT2D eigenvalue weighted by Gasteiger charge is 2.23. The Bertz CT molecular complexity index is 984. The molecule has 4 rings (SSSR count). The highest BCUT2D eigenvalue weighted by Crippen LogP contribution is 2.32. The highest BCUT2D eigenvalue weighted by atomic mass is 16.5. The van der Waals surface area contributed by atoms with Crippen LogP contribution in [0.5, 0.6) is 5.75 Å². The summed E-state index contributed by atoms with van der Waals surface area (Å²) in [4.78, 5) is 10.9. The van der Waals surface area contributed by atoms with Crippen LogP contribution in [0.2, 0.25) is 0 Å². The van der Waals surface area contributed by atoms with Crippen LogP contribution in [-0.4, -0.2) is 34.3 Å². The summed E-state index contributed by atoms with van der Waals surface area (Å²) in [6.07, 6.45) is 2.21. The minimum absolute atomic E-state index is 0.0753. The van der Waals surface area contributed by atoms with Crippen molar-refractivity contribution in [3.8, 4) is 5.75 Å². The number of anilines is 1.